The molecule has 136 valence electrons. The van der Waals surface area contributed by atoms with E-state index in [0.29, 0.717) is 28.3 Å². The van der Waals surface area contributed by atoms with Gasteiger partial charge >= 0.3 is 5.97 Å². The van der Waals surface area contributed by atoms with Gasteiger partial charge in [-0.15, -0.1) is 11.3 Å². The summed E-state index contributed by atoms with van der Waals surface area (Å²) in [7, 11) is 0. The molecule has 1 heterocycles. The first-order valence-electron chi connectivity index (χ1n) is 8.22. The van der Waals surface area contributed by atoms with Crippen molar-refractivity contribution in [3.8, 4) is 11.8 Å². The zero-order valence-corrected chi connectivity index (χ0v) is 15.7. The van der Waals surface area contributed by atoms with Gasteiger partial charge in [-0.1, -0.05) is 6.92 Å². The monoisotopic (exact) mass is 372 g/mol. The van der Waals surface area contributed by atoms with Crippen molar-refractivity contribution < 1.29 is 19.1 Å². The summed E-state index contributed by atoms with van der Waals surface area (Å²) in [5.74, 6) is -0.317. The van der Waals surface area contributed by atoms with Gasteiger partial charge in [-0.05, 0) is 50.1 Å². The lowest BCUT2D eigenvalue weighted by atomic mass is 10.1. The van der Waals surface area contributed by atoms with Crippen LogP contribution in [0.3, 0.4) is 0 Å². The fourth-order valence-electron chi connectivity index (χ4n) is 2.45. The highest BCUT2D eigenvalue weighted by Crippen LogP contribution is 2.34. The van der Waals surface area contributed by atoms with Gasteiger partial charge in [0.15, 0.2) is 6.61 Å². The number of carbonyl (C=O) groups is 2. The Morgan fingerprint density at radius 3 is 2.50 bits per heavy atom. The summed E-state index contributed by atoms with van der Waals surface area (Å²) in [6.07, 6.45) is 0.675. The minimum Gasteiger partial charge on any atom is -0.484 e. The maximum absolute atomic E-state index is 12.3. The molecule has 0 atom stereocenters. The van der Waals surface area contributed by atoms with Gasteiger partial charge < -0.3 is 14.8 Å². The quantitative estimate of drug-likeness (QED) is 0.749. The summed E-state index contributed by atoms with van der Waals surface area (Å²) in [6, 6.07) is 8.49. The smallest absolute Gasteiger partial charge is 0.341 e. The number of benzene rings is 1. The lowest BCUT2D eigenvalue weighted by molar-refractivity contribution is -0.118. The second-order valence-corrected chi connectivity index (χ2v) is 6.61. The van der Waals surface area contributed by atoms with Gasteiger partial charge in [-0.3, -0.25) is 4.79 Å². The van der Waals surface area contributed by atoms with Crippen LogP contribution in [-0.4, -0.2) is 25.1 Å². The number of aryl methyl sites for hydroxylation is 1. The highest BCUT2D eigenvalue weighted by atomic mass is 32.1. The van der Waals surface area contributed by atoms with Crippen molar-refractivity contribution in [2.75, 3.05) is 18.5 Å². The molecule has 0 radical (unpaired) electrons. The molecular formula is C19H20N2O4S. The zero-order valence-electron chi connectivity index (χ0n) is 14.9. The van der Waals surface area contributed by atoms with E-state index in [4.69, 9.17) is 14.7 Å². The fourth-order valence-corrected chi connectivity index (χ4v) is 3.60. The van der Waals surface area contributed by atoms with Gasteiger partial charge in [0.2, 0.25) is 0 Å². The summed E-state index contributed by atoms with van der Waals surface area (Å²) < 4.78 is 10.5. The van der Waals surface area contributed by atoms with Crippen molar-refractivity contribution in [3.05, 3.63) is 45.8 Å². The van der Waals surface area contributed by atoms with Crippen LogP contribution in [0.2, 0.25) is 0 Å². The molecule has 0 unspecified atom stereocenters. The van der Waals surface area contributed by atoms with E-state index in [-0.39, 0.29) is 19.1 Å². The number of hydrogen-bond donors (Lipinski definition) is 1. The lowest BCUT2D eigenvalue weighted by Crippen LogP contribution is -2.21. The predicted molar refractivity (Wildman–Crippen MR) is 99.7 cm³/mol. The van der Waals surface area contributed by atoms with Crippen LogP contribution in [0.1, 0.15) is 40.2 Å². The first-order valence-corrected chi connectivity index (χ1v) is 9.03. The molecular weight excluding hydrogens is 352 g/mol. The predicted octanol–water partition coefficient (Wildman–Crippen LogP) is 3.68. The molecule has 7 heteroatoms. The Morgan fingerprint density at radius 2 is 1.92 bits per heavy atom. The molecule has 1 amide bonds. The van der Waals surface area contributed by atoms with Crippen LogP contribution in [0.4, 0.5) is 5.00 Å². The molecule has 0 bridgehead atoms. The van der Waals surface area contributed by atoms with E-state index in [1.807, 2.05) is 19.9 Å². The van der Waals surface area contributed by atoms with Gasteiger partial charge in [-0.25, -0.2) is 4.79 Å². The number of esters is 1. The van der Waals surface area contributed by atoms with E-state index < -0.39 is 5.97 Å². The molecule has 2 rings (SSSR count). The number of thiophene rings is 1. The van der Waals surface area contributed by atoms with Crippen LogP contribution < -0.4 is 10.1 Å². The van der Waals surface area contributed by atoms with Gasteiger partial charge in [0.1, 0.15) is 10.8 Å². The molecule has 26 heavy (non-hydrogen) atoms. The van der Waals surface area contributed by atoms with Crippen LogP contribution in [0.25, 0.3) is 0 Å². The van der Waals surface area contributed by atoms with Crippen molar-refractivity contribution >= 4 is 28.2 Å². The van der Waals surface area contributed by atoms with E-state index >= 15 is 0 Å². The SMILES string of the molecule is CCOC(=O)c1c(NC(=O)COc2ccc(C#N)cc2)sc(C)c1CC. The summed E-state index contributed by atoms with van der Waals surface area (Å²) in [6.45, 7) is 5.68. The standard InChI is InChI=1S/C19H20N2O4S/c1-4-15-12(3)26-18(17(15)19(23)24-5-2)21-16(22)11-25-14-8-6-13(10-20)7-9-14/h6-9H,4-5,11H2,1-3H3,(H,21,22). The minimum atomic E-state index is -0.433. The lowest BCUT2D eigenvalue weighted by Gasteiger charge is -2.09. The molecule has 0 saturated carbocycles. The molecule has 6 nitrogen and oxygen atoms in total. The Hall–Kier alpha value is -2.85. The molecule has 1 aromatic heterocycles. The molecule has 0 aliphatic rings. The van der Waals surface area contributed by atoms with Gasteiger partial charge in [-0.2, -0.15) is 5.26 Å². The van der Waals surface area contributed by atoms with Crippen molar-refractivity contribution in [1.29, 1.82) is 5.26 Å². The third-order valence-electron chi connectivity index (χ3n) is 3.65. The Morgan fingerprint density at radius 1 is 1.23 bits per heavy atom. The van der Waals surface area contributed by atoms with Crippen LogP contribution in [0.15, 0.2) is 24.3 Å². The van der Waals surface area contributed by atoms with E-state index in [1.54, 1.807) is 31.2 Å². The number of nitrogens with zero attached hydrogens (tertiary/aromatic N) is 1. The Labute approximate surface area is 156 Å². The Kier molecular flexibility index (Phi) is 6.75. The van der Waals surface area contributed by atoms with E-state index in [2.05, 4.69) is 5.32 Å². The van der Waals surface area contributed by atoms with Crippen LogP contribution in [-0.2, 0) is 16.0 Å². The normalized spacial score (nSPS) is 10.1. The largest absolute Gasteiger partial charge is 0.484 e. The number of carbonyl (C=O) groups excluding carboxylic acids is 2. The number of ether oxygens (including phenoxy) is 2. The van der Waals surface area contributed by atoms with Crippen LogP contribution >= 0.6 is 11.3 Å². The van der Waals surface area contributed by atoms with Gasteiger partial charge in [0.25, 0.3) is 5.91 Å². The summed E-state index contributed by atoms with van der Waals surface area (Å²) in [5, 5.41) is 12.0. The molecule has 1 aromatic carbocycles. The molecule has 0 saturated heterocycles. The molecule has 0 fully saturated rings. The molecule has 2 aromatic rings. The second kappa shape index (κ2) is 9.02. The summed E-state index contributed by atoms with van der Waals surface area (Å²) in [5.41, 5.74) is 1.82. The topological polar surface area (TPSA) is 88.4 Å². The first-order chi connectivity index (χ1) is 12.5. The van der Waals surface area contributed by atoms with E-state index in [1.165, 1.54) is 11.3 Å². The molecule has 1 N–H and O–H groups in total. The first kappa shape index (κ1) is 19.5. The maximum Gasteiger partial charge on any atom is 0.341 e. The average Bonchev–Trinajstić information content (AvgIpc) is 2.95. The summed E-state index contributed by atoms with van der Waals surface area (Å²) in [4.78, 5) is 25.4. The van der Waals surface area contributed by atoms with E-state index in [9.17, 15) is 9.59 Å². The number of hydrogen-bond acceptors (Lipinski definition) is 6. The van der Waals surface area contributed by atoms with Crippen molar-refractivity contribution in [1.82, 2.24) is 0 Å². The van der Waals surface area contributed by atoms with Gasteiger partial charge in [0, 0.05) is 4.88 Å². The second-order valence-electron chi connectivity index (χ2n) is 5.39. The van der Waals surface area contributed by atoms with E-state index in [0.717, 1.165) is 10.4 Å². The number of rotatable bonds is 7. The van der Waals surface area contributed by atoms with Crippen molar-refractivity contribution in [3.63, 3.8) is 0 Å². The zero-order chi connectivity index (χ0) is 19.1. The fraction of sp³-hybridized carbons (Fsp3) is 0.316. The Balaban J connectivity index is 2.08. The highest BCUT2D eigenvalue weighted by molar-refractivity contribution is 7.16. The summed E-state index contributed by atoms with van der Waals surface area (Å²) >= 11 is 1.35. The molecule has 0 aliphatic carbocycles. The van der Waals surface area contributed by atoms with Crippen LogP contribution in [0, 0.1) is 18.3 Å². The molecule has 0 spiro atoms. The van der Waals surface area contributed by atoms with Gasteiger partial charge in [0.05, 0.1) is 23.8 Å². The molecule has 0 aliphatic heterocycles. The number of anilines is 1. The average molecular weight is 372 g/mol. The third-order valence-corrected chi connectivity index (χ3v) is 4.71. The number of amides is 1. The Bertz CT molecular complexity index is 834. The number of nitrogens with one attached hydrogen (secondary N) is 1. The van der Waals surface area contributed by atoms with Crippen molar-refractivity contribution in [2.24, 2.45) is 0 Å². The maximum atomic E-state index is 12.3. The number of nitriles is 1. The van der Waals surface area contributed by atoms with Crippen molar-refractivity contribution in [2.45, 2.75) is 27.2 Å². The minimum absolute atomic E-state index is 0.202. The van der Waals surface area contributed by atoms with Crippen LogP contribution in [0.5, 0.6) is 5.75 Å². The highest BCUT2D eigenvalue weighted by Gasteiger charge is 2.23. The third kappa shape index (κ3) is 4.61.